The number of hydrogen-bond donors (Lipinski definition) is 0. The Bertz CT molecular complexity index is 987. The molecule has 154 valence electrons. The molecule has 2 aromatic rings. The first kappa shape index (κ1) is 21.7. The zero-order chi connectivity index (χ0) is 21.4. The minimum absolute atomic E-state index is 0.0229. The molecule has 0 aliphatic heterocycles. The maximum Gasteiger partial charge on any atom is 0.338 e. The van der Waals surface area contributed by atoms with Gasteiger partial charge in [-0.25, -0.2) is 9.59 Å². The number of allylic oxidation sites excluding steroid dienone is 2. The van der Waals surface area contributed by atoms with Gasteiger partial charge in [-0.2, -0.15) is 0 Å². The molecular weight excluding hydrogens is 378 g/mol. The summed E-state index contributed by atoms with van der Waals surface area (Å²) in [7, 11) is 1.22. The van der Waals surface area contributed by atoms with Crippen molar-refractivity contribution in [2.24, 2.45) is 0 Å². The normalized spacial score (nSPS) is 12.8. The number of ether oxygens (including phenoxy) is 3. The first-order valence-corrected chi connectivity index (χ1v) is 8.98. The molecule has 0 radical (unpaired) electrons. The Balaban J connectivity index is 2.60. The zero-order valence-corrected chi connectivity index (χ0v) is 16.7. The summed E-state index contributed by atoms with van der Waals surface area (Å²) in [5, 5.41) is 16.8. The summed E-state index contributed by atoms with van der Waals surface area (Å²) in [6.07, 6.45) is 5.30. The van der Waals surface area contributed by atoms with Crippen molar-refractivity contribution in [2.45, 2.75) is 20.8 Å². The number of carbonyl (C=O) groups excluding carboxylic acids is 2. The molecule has 0 unspecified atom stereocenters. The second kappa shape index (κ2) is 10.1. The number of aryl methyl sites for hydroxylation is 1. The lowest BCUT2D eigenvalue weighted by Crippen LogP contribution is -2.24. The molecule has 0 atom stereocenters. The van der Waals surface area contributed by atoms with Crippen LogP contribution in [-0.2, 0) is 23.8 Å². The van der Waals surface area contributed by atoms with Gasteiger partial charge in [0.15, 0.2) is 16.9 Å². The van der Waals surface area contributed by atoms with Crippen molar-refractivity contribution in [1.82, 2.24) is 9.90 Å². The Hall–Kier alpha value is -3.62. The van der Waals surface area contributed by atoms with Crippen LogP contribution in [0.2, 0.25) is 0 Å². The maximum absolute atomic E-state index is 12.5. The molecule has 0 aromatic carbocycles. The van der Waals surface area contributed by atoms with E-state index in [9.17, 15) is 14.7 Å². The summed E-state index contributed by atoms with van der Waals surface area (Å²) in [4.78, 5) is 24.0. The highest BCUT2D eigenvalue weighted by Crippen LogP contribution is 2.17. The van der Waals surface area contributed by atoms with E-state index in [2.05, 4.69) is 5.21 Å². The van der Waals surface area contributed by atoms with Crippen molar-refractivity contribution in [3.05, 3.63) is 59.8 Å². The number of fused-ring (bicyclic) bond motifs is 1. The molecule has 2 heterocycles. The molecule has 9 heteroatoms. The van der Waals surface area contributed by atoms with E-state index in [-0.39, 0.29) is 24.5 Å². The lowest BCUT2D eigenvalue weighted by Gasteiger charge is -2.11. The van der Waals surface area contributed by atoms with Gasteiger partial charge in [0.1, 0.15) is 17.4 Å². The Kier molecular flexibility index (Phi) is 7.53. The smallest absolute Gasteiger partial charge is 0.338 e. The summed E-state index contributed by atoms with van der Waals surface area (Å²) in [6, 6.07) is 5.47. The highest BCUT2D eigenvalue weighted by atomic mass is 16.6. The minimum Gasteiger partial charge on any atom is -0.614 e. The number of nitrogens with zero attached hydrogens (tertiary/aromatic N) is 3. The van der Waals surface area contributed by atoms with Crippen LogP contribution < -0.4 is 9.62 Å². The average molecular weight is 401 g/mol. The lowest BCUT2D eigenvalue weighted by molar-refractivity contribution is -0.583. The summed E-state index contributed by atoms with van der Waals surface area (Å²) < 4.78 is 17.7. The van der Waals surface area contributed by atoms with Crippen LogP contribution in [0, 0.1) is 6.92 Å². The Morgan fingerprint density at radius 1 is 1.21 bits per heavy atom. The van der Waals surface area contributed by atoms with E-state index in [1.165, 1.54) is 23.9 Å². The molecule has 0 aliphatic carbocycles. The standard InChI is InChI=1S/C20H23N3O6/c1-5-28-18(24)11-10-15(19(25)29-6-2)13-17(20(26)27-4)23-14(3)16-9-7-8-12-22(16)21-23/h7-13H,5-6H2,1-4H3. The summed E-state index contributed by atoms with van der Waals surface area (Å²) in [5.74, 6) is -2.05. The zero-order valence-electron chi connectivity index (χ0n) is 16.7. The molecule has 0 aliphatic rings. The fourth-order valence-corrected chi connectivity index (χ4v) is 2.50. The second-order valence-corrected chi connectivity index (χ2v) is 5.70. The van der Waals surface area contributed by atoms with E-state index in [1.54, 1.807) is 37.5 Å². The lowest BCUT2D eigenvalue weighted by atomic mass is 10.2. The van der Waals surface area contributed by atoms with E-state index in [0.29, 0.717) is 5.69 Å². The molecule has 0 bridgehead atoms. The molecule has 2 aromatic heterocycles. The van der Waals surface area contributed by atoms with Crippen molar-refractivity contribution < 1.29 is 33.4 Å². The van der Waals surface area contributed by atoms with Crippen LogP contribution in [0.25, 0.3) is 11.2 Å². The topological polar surface area (TPSA) is 107 Å². The van der Waals surface area contributed by atoms with Crippen LogP contribution in [-0.4, -0.2) is 42.2 Å². The van der Waals surface area contributed by atoms with Gasteiger partial charge in [-0.1, -0.05) is 10.7 Å². The van der Waals surface area contributed by atoms with Crippen molar-refractivity contribution in [1.29, 1.82) is 0 Å². The van der Waals surface area contributed by atoms with Gasteiger partial charge in [-0.15, -0.1) is 4.52 Å². The number of methoxy groups -OCH3 is 1. The average Bonchev–Trinajstić information content (AvgIpc) is 3.04. The Labute approximate surface area is 168 Å². The van der Waals surface area contributed by atoms with Crippen LogP contribution in [0.3, 0.4) is 0 Å². The molecule has 0 spiro atoms. The molecule has 0 N–H and O–H groups in total. The molecule has 0 fully saturated rings. The van der Waals surface area contributed by atoms with Crippen LogP contribution >= 0.6 is 0 Å². The molecule has 0 amide bonds. The third kappa shape index (κ3) is 5.22. The number of pyridine rings is 1. The Morgan fingerprint density at radius 3 is 2.55 bits per heavy atom. The number of hydrogen-bond acceptors (Lipinski definition) is 7. The quantitative estimate of drug-likeness (QED) is 0.210. The molecule has 2 rings (SSSR count). The van der Waals surface area contributed by atoms with Gasteiger partial charge in [0.2, 0.25) is 0 Å². The van der Waals surface area contributed by atoms with Gasteiger partial charge >= 0.3 is 11.9 Å². The molecule has 29 heavy (non-hydrogen) atoms. The van der Waals surface area contributed by atoms with Gasteiger partial charge in [-0.05, 0) is 39.2 Å². The van der Waals surface area contributed by atoms with Crippen molar-refractivity contribution in [3.63, 3.8) is 0 Å². The van der Waals surface area contributed by atoms with Gasteiger partial charge in [-0.3, -0.25) is 0 Å². The largest absolute Gasteiger partial charge is 0.614 e. The van der Waals surface area contributed by atoms with Gasteiger partial charge in [0, 0.05) is 19.1 Å². The van der Waals surface area contributed by atoms with Crippen LogP contribution in [0.5, 0.6) is 0 Å². The third-order valence-corrected chi connectivity index (χ3v) is 3.83. The molecule has 9 nitrogen and oxygen atoms in total. The number of esters is 2. The van der Waals surface area contributed by atoms with Gasteiger partial charge in [0.05, 0.1) is 18.8 Å². The van der Waals surface area contributed by atoms with E-state index in [0.717, 1.165) is 11.6 Å². The number of rotatable bonds is 8. The van der Waals surface area contributed by atoms with Crippen LogP contribution in [0.1, 0.15) is 19.5 Å². The predicted molar refractivity (Wildman–Crippen MR) is 101 cm³/mol. The monoisotopic (exact) mass is 401 g/mol. The fourth-order valence-electron chi connectivity index (χ4n) is 2.50. The SMILES string of the molecule is CCOC(=O)/C=C/C(=C/C(=C(/[O-])OC)n1n[n+]2ccccc2c1C)C(=O)OCC. The summed E-state index contributed by atoms with van der Waals surface area (Å²) in [6.45, 7) is 5.41. The summed E-state index contributed by atoms with van der Waals surface area (Å²) in [5.41, 5.74) is 1.36. The van der Waals surface area contributed by atoms with E-state index in [1.807, 2.05) is 12.1 Å². The van der Waals surface area contributed by atoms with Crippen molar-refractivity contribution in [3.8, 4) is 0 Å². The second-order valence-electron chi connectivity index (χ2n) is 5.70. The van der Waals surface area contributed by atoms with Gasteiger partial charge < -0.3 is 19.3 Å². The van der Waals surface area contributed by atoms with E-state index >= 15 is 0 Å². The highest BCUT2D eigenvalue weighted by Gasteiger charge is 2.21. The minimum atomic E-state index is -0.715. The molecular formula is C20H23N3O6. The molecule has 0 saturated carbocycles. The Morgan fingerprint density at radius 2 is 1.93 bits per heavy atom. The van der Waals surface area contributed by atoms with Crippen LogP contribution in [0.15, 0.2) is 54.1 Å². The van der Waals surface area contributed by atoms with E-state index in [4.69, 9.17) is 14.2 Å². The maximum atomic E-state index is 12.5. The third-order valence-electron chi connectivity index (χ3n) is 3.83. The number of aromatic nitrogens is 3. The van der Waals surface area contributed by atoms with Gasteiger partial charge in [0.25, 0.3) is 0 Å². The van der Waals surface area contributed by atoms with Crippen molar-refractivity contribution in [2.75, 3.05) is 20.3 Å². The number of carbonyl (C=O) groups is 2. The first-order chi connectivity index (χ1) is 13.9. The predicted octanol–water partition coefficient (Wildman–Crippen LogP) is 0.672. The fraction of sp³-hybridized carbons (Fsp3) is 0.300. The molecule has 0 saturated heterocycles. The highest BCUT2D eigenvalue weighted by molar-refractivity contribution is 5.96. The van der Waals surface area contributed by atoms with Crippen LogP contribution in [0.4, 0.5) is 0 Å². The summed E-state index contributed by atoms with van der Waals surface area (Å²) >= 11 is 0. The van der Waals surface area contributed by atoms with Crippen molar-refractivity contribution >= 4 is 23.2 Å². The first-order valence-electron chi connectivity index (χ1n) is 8.98. The van der Waals surface area contributed by atoms with E-state index < -0.39 is 17.9 Å².